The van der Waals surface area contributed by atoms with Gasteiger partial charge in [0.1, 0.15) is 0 Å². The number of rotatable bonds is 6. The van der Waals surface area contributed by atoms with Crippen LogP contribution in [0.3, 0.4) is 0 Å². The Bertz CT molecular complexity index is 3160. The van der Waals surface area contributed by atoms with Gasteiger partial charge in [-0.05, 0) is 64.7 Å². The van der Waals surface area contributed by atoms with Crippen molar-refractivity contribution in [1.29, 1.82) is 0 Å². The maximum atomic E-state index is 5.44. The Morgan fingerprint density at radius 1 is 0.286 bits per heavy atom. The fourth-order valence-electron chi connectivity index (χ4n) is 8.22. The van der Waals surface area contributed by atoms with Gasteiger partial charge in [-0.1, -0.05) is 158 Å². The highest BCUT2D eigenvalue weighted by molar-refractivity contribution is 6.23. The van der Waals surface area contributed by atoms with Crippen molar-refractivity contribution in [2.45, 2.75) is 0 Å². The maximum absolute atomic E-state index is 5.44. The van der Waals surface area contributed by atoms with E-state index in [1.807, 2.05) is 18.2 Å². The van der Waals surface area contributed by atoms with Crippen LogP contribution in [0.2, 0.25) is 0 Å². The molecule has 5 nitrogen and oxygen atoms in total. The third-order valence-corrected chi connectivity index (χ3v) is 10.7. The number of benzene rings is 8. The minimum atomic E-state index is 0.559. The van der Waals surface area contributed by atoms with Crippen LogP contribution in [0.15, 0.2) is 200 Å². The van der Waals surface area contributed by atoms with Gasteiger partial charge in [-0.2, -0.15) is 9.97 Å². The number of hydrogen-bond donors (Lipinski definition) is 0. The van der Waals surface area contributed by atoms with Crippen LogP contribution in [0.5, 0.6) is 0 Å². The monoisotopic (exact) mass is 715 g/mol. The topological polar surface area (TPSA) is 48.5 Å². The molecule has 0 saturated heterocycles. The van der Waals surface area contributed by atoms with Gasteiger partial charge < -0.3 is 4.57 Å². The van der Waals surface area contributed by atoms with E-state index in [-0.39, 0.29) is 0 Å². The minimum absolute atomic E-state index is 0.559. The van der Waals surface area contributed by atoms with E-state index in [9.17, 15) is 0 Å². The molecule has 0 fully saturated rings. The molecule has 0 amide bonds. The van der Waals surface area contributed by atoms with E-state index in [4.69, 9.17) is 15.0 Å². The van der Waals surface area contributed by atoms with Crippen LogP contribution in [0.1, 0.15) is 0 Å². The van der Waals surface area contributed by atoms with Gasteiger partial charge in [0, 0.05) is 38.4 Å². The van der Waals surface area contributed by atoms with E-state index < -0.39 is 0 Å². The third kappa shape index (κ3) is 5.21. The molecular formula is C51H33N5. The average Bonchev–Trinajstić information content (AvgIpc) is 3.80. The van der Waals surface area contributed by atoms with Crippen molar-refractivity contribution < 1.29 is 0 Å². The minimum Gasteiger partial charge on any atom is -0.307 e. The second-order valence-electron chi connectivity index (χ2n) is 14.1. The van der Waals surface area contributed by atoms with Crippen LogP contribution in [0.4, 0.5) is 0 Å². The molecule has 0 aliphatic heterocycles. The van der Waals surface area contributed by atoms with Crippen LogP contribution in [-0.4, -0.2) is 24.1 Å². The number of nitrogens with zero attached hydrogens (tertiary/aromatic N) is 5. The fraction of sp³-hybridized carbons (Fsp3) is 0. The molecule has 5 heteroatoms. The van der Waals surface area contributed by atoms with E-state index >= 15 is 0 Å². The Hall–Kier alpha value is -7.63. The smallest absolute Gasteiger partial charge is 0.238 e. The summed E-state index contributed by atoms with van der Waals surface area (Å²) in [6, 6.07) is 70.3. The Labute approximate surface area is 323 Å². The lowest BCUT2D eigenvalue weighted by Gasteiger charge is -2.14. The van der Waals surface area contributed by atoms with E-state index in [2.05, 4.69) is 191 Å². The summed E-state index contributed by atoms with van der Waals surface area (Å²) in [5, 5.41) is 4.63. The van der Waals surface area contributed by atoms with Crippen molar-refractivity contribution in [3.05, 3.63) is 200 Å². The normalized spacial score (nSPS) is 11.6. The Morgan fingerprint density at radius 2 is 0.696 bits per heavy atom. The van der Waals surface area contributed by atoms with Gasteiger partial charge in [0.05, 0.1) is 22.1 Å². The zero-order valence-electron chi connectivity index (χ0n) is 30.3. The van der Waals surface area contributed by atoms with Crippen molar-refractivity contribution in [3.8, 4) is 56.7 Å². The summed E-state index contributed by atoms with van der Waals surface area (Å²) in [6.45, 7) is 0. The fourth-order valence-corrected chi connectivity index (χ4v) is 8.22. The van der Waals surface area contributed by atoms with Crippen LogP contribution in [0, 0.1) is 0 Å². The molecule has 56 heavy (non-hydrogen) atoms. The highest BCUT2D eigenvalue weighted by atomic mass is 15.2. The quantitative estimate of drug-likeness (QED) is 0.172. The first-order chi connectivity index (χ1) is 27.8. The maximum Gasteiger partial charge on any atom is 0.238 e. The van der Waals surface area contributed by atoms with E-state index in [1.54, 1.807) is 0 Å². The molecule has 0 N–H and O–H groups in total. The summed E-state index contributed by atoms with van der Waals surface area (Å²) in [4.78, 5) is 16.0. The molecule has 11 rings (SSSR count). The summed E-state index contributed by atoms with van der Waals surface area (Å²) in [7, 11) is 0. The summed E-state index contributed by atoms with van der Waals surface area (Å²) < 4.78 is 4.64. The number of aromatic nitrogens is 5. The van der Waals surface area contributed by atoms with Crippen LogP contribution in [-0.2, 0) is 0 Å². The van der Waals surface area contributed by atoms with Crippen molar-refractivity contribution in [2.75, 3.05) is 0 Å². The predicted molar refractivity (Wildman–Crippen MR) is 230 cm³/mol. The van der Waals surface area contributed by atoms with Gasteiger partial charge in [0.2, 0.25) is 5.95 Å². The highest BCUT2D eigenvalue weighted by Crippen LogP contribution is 2.42. The van der Waals surface area contributed by atoms with Crippen molar-refractivity contribution in [2.24, 2.45) is 0 Å². The largest absolute Gasteiger partial charge is 0.307 e. The second kappa shape index (κ2) is 13.0. The van der Waals surface area contributed by atoms with Gasteiger partial charge in [-0.25, -0.2) is 4.98 Å². The summed E-state index contributed by atoms with van der Waals surface area (Å²) in [5.41, 5.74) is 11.7. The average molecular weight is 716 g/mol. The van der Waals surface area contributed by atoms with Crippen LogP contribution in [0.25, 0.3) is 100 Å². The molecule has 262 valence electrons. The lowest BCUT2D eigenvalue weighted by molar-refractivity contribution is 0.953. The zero-order chi connectivity index (χ0) is 37.0. The molecule has 8 aromatic carbocycles. The lowest BCUT2D eigenvalue weighted by Crippen LogP contribution is -2.07. The first kappa shape index (κ1) is 31.9. The van der Waals surface area contributed by atoms with Crippen molar-refractivity contribution >= 4 is 43.6 Å². The molecule has 3 aromatic heterocycles. The molecule has 0 aliphatic rings. The Kier molecular flexibility index (Phi) is 7.42. The first-order valence-corrected chi connectivity index (χ1v) is 18.9. The molecule has 0 saturated carbocycles. The number of para-hydroxylation sites is 3. The first-order valence-electron chi connectivity index (χ1n) is 18.9. The third-order valence-electron chi connectivity index (χ3n) is 10.7. The number of hydrogen-bond acceptors (Lipinski definition) is 3. The summed E-state index contributed by atoms with van der Waals surface area (Å²) in [5.74, 6) is 1.77. The molecule has 0 atom stereocenters. The van der Waals surface area contributed by atoms with Gasteiger partial charge in [0.25, 0.3) is 0 Å². The van der Waals surface area contributed by atoms with Crippen molar-refractivity contribution in [3.63, 3.8) is 0 Å². The van der Waals surface area contributed by atoms with Gasteiger partial charge in [-0.15, -0.1) is 0 Å². The van der Waals surface area contributed by atoms with Gasteiger partial charge in [0.15, 0.2) is 11.6 Å². The van der Waals surface area contributed by atoms with Gasteiger partial charge >= 0.3 is 0 Å². The SMILES string of the molecule is c1ccc(-c2cc(-c3ccccc3)cc(-c3nc(-c4ccccc4)nc(-n4c5ccccc5c5ccc6c7ccccc7n(-c7ccccc7)c6c54)n3)c2)cc1. The number of fused-ring (bicyclic) bond motifs is 7. The van der Waals surface area contributed by atoms with Crippen LogP contribution < -0.4 is 0 Å². The highest BCUT2D eigenvalue weighted by Gasteiger charge is 2.23. The zero-order valence-corrected chi connectivity index (χ0v) is 30.3. The summed E-state index contributed by atoms with van der Waals surface area (Å²) in [6.07, 6.45) is 0. The summed E-state index contributed by atoms with van der Waals surface area (Å²) >= 11 is 0. The molecule has 0 aliphatic carbocycles. The molecule has 3 heterocycles. The van der Waals surface area contributed by atoms with E-state index in [0.29, 0.717) is 17.6 Å². The molecule has 11 aromatic rings. The second-order valence-corrected chi connectivity index (χ2v) is 14.1. The molecule has 0 spiro atoms. The standard InChI is InChI=1S/C51H33N5/c1-5-17-34(18-6-1)37-31-38(35-19-7-2-8-20-35)33-39(32-37)50-52-49(36-21-9-3-10-22-36)53-51(54-50)56-46-28-16-14-26-42(46)44-30-29-43-41-25-13-15-27-45(41)55(47(43)48(44)56)40-23-11-4-12-24-40/h1-33H. The lowest BCUT2D eigenvalue weighted by atomic mass is 9.96. The molecule has 0 unspecified atom stereocenters. The predicted octanol–water partition coefficient (Wildman–Crippen LogP) is 12.7. The van der Waals surface area contributed by atoms with E-state index in [1.165, 1.54) is 10.8 Å². The molecular weight excluding hydrogens is 683 g/mol. The van der Waals surface area contributed by atoms with Gasteiger partial charge in [-0.3, -0.25) is 4.57 Å². The molecule has 0 radical (unpaired) electrons. The Morgan fingerprint density at radius 3 is 1.25 bits per heavy atom. The van der Waals surface area contributed by atoms with E-state index in [0.717, 1.165) is 71.9 Å². The van der Waals surface area contributed by atoms with Crippen LogP contribution >= 0.6 is 0 Å². The Balaban J connectivity index is 1.26. The molecule has 0 bridgehead atoms. The van der Waals surface area contributed by atoms with Crippen molar-refractivity contribution in [1.82, 2.24) is 24.1 Å².